The van der Waals surface area contributed by atoms with Crippen molar-refractivity contribution >= 4 is 17.5 Å². The SMILES string of the molecule is CCC(C)(C#N)C(=O)NCCc1ccc(Cl)cc1. The third-order valence-electron chi connectivity index (χ3n) is 3.07. The van der Waals surface area contributed by atoms with E-state index in [1.54, 1.807) is 6.92 Å². The van der Waals surface area contributed by atoms with Gasteiger partial charge in [-0.15, -0.1) is 0 Å². The molecule has 0 bridgehead atoms. The third kappa shape index (κ3) is 3.75. The number of nitriles is 1. The fraction of sp³-hybridized carbons (Fsp3) is 0.429. The Kier molecular flexibility index (Phi) is 5.18. The van der Waals surface area contributed by atoms with Crippen LogP contribution in [0.15, 0.2) is 24.3 Å². The third-order valence-corrected chi connectivity index (χ3v) is 3.32. The van der Waals surface area contributed by atoms with Crippen molar-refractivity contribution in [2.45, 2.75) is 26.7 Å². The van der Waals surface area contributed by atoms with Crippen LogP contribution in [0.1, 0.15) is 25.8 Å². The summed E-state index contributed by atoms with van der Waals surface area (Å²) in [5, 5.41) is 12.5. The van der Waals surface area contributed by atoms with Crippen LogP contribution in [0.2, 0.25) is 5.02 Å². The van der Waals surface area contributed by atoms with E-state index < -0.39 is 5.41 Å². The lowest BCUT2D eigenvalue weighted by Crippen LogP contribution is -2.38. The number of benzene rings is 1. The zero-order chi connectivity index (χ0) is 13.6. The van der Waals surface area contributed by atoms with Gasteiger partial charge in [0.15, 0.2) is 0 Å². The van der Waals surface area contributed by atoms with Gasteiger partial charge in [0.25, 0.3) is 0 Å². The Morgan fingerprint density at radius 1 is 1.44 bits per heavy atom. The van der Waals surface area contributed by atoms with Crippen LogP contribution in [-0.2, 0) is 11.2 Å². The van der Waals surface area contributed by atoms with Gasteiger partial charge in [0.1, 0.15) is 5.41 Å². The van der Waals surface area contributed by atoms with Crippen LogP contribution >= 0.6 is 11.6 Å². The van der Waals surface area contributed by atoms with Crippen molar-refractivity contribution < 1.29 is 4.79 Å². The van der Waals surface area contributed by atoms with Gasteiger partial charge in [-0.2, -0.15) is 5.26 Å². The van der Waals surface area contributed by atoms with Crippen LogP contribution in [0.4, 0.5) is 0 Å². The summed E-state index contributed by atoms with van der Waals surface area (Å²) < 4.78 is 0. The fourth-order valence-corrected chi connectivity index (χ4v) is 1.58. The first-order valence-corrected chi connectivity index (χ1v) is 6.33. The monoisotopic (exact) mass is 264 g/mol. The van der Waals surface area contributed by atoms with Gasteiger partial charge >= 0.3 is 0 Å². The summed E-state index contributed by atoms with van der Waals surface area (Å²) in [4.78, 5) is 11.8. The number of nitrogens with zero attached hydrogens (tertiary/aromatic N) is 1. The van der Waals surface area contributed by atoms with Crippen molar-refractivity contribution in [3.8, 4) is 6.07 Å². The first-order valence-electron chi connectivity index (χ1n) is 5.96. The summed E-state index contributed by atoms with van der Waals surface area (Å²) >= 11 is 5.79. The lowest BCUT2D eigenvalue weighted by atomic mass is 9.88. The van der Waals surface area contributed by atoms with Gasteiger partial charge in [-0.05, 0) is 37.5 Å². The largest absolute Gasteiger partial charge is 0.354 e. The summed E-state index contributed by atoms with van der Waals surface area (Å²) in [7, 11) is 0. The molecular weight excluding hydrogens is 248 g/mol. The van der Waals surface area contributed by atoms with Crippen LogP contribution in [0.25, 0.3) is 0 Å². The Labute approximate surface area is 113 Å². The van der Waals surface area contributed by atoms with E-state index in [2.05, 4.69) is 11.4 Å². The highest BCUT2D eigenvalue weighted by Gasteiger charge is 2.30. The molecule has 0 heterocycles. The topological polar surface area (TPSA) is 52.9 Å². The van der Waals surface area contributed by atoms with Crippen molar-refractivity contribution in [3.05, 3.63) is 34.9 Å². The lowest BCUT2D eigenvalue weighted by molar-refractivity contribution is -0.127. The van der Waals surface area contributed by atoms with Gasteiger partial charge in [-0.25, -0.2) is 0 Å². The van der Waals surface area contributed by atoms with Crippen LogP contribution in [0.3, 0.4) is 0 Å². The van der Waals surface area contributed by atoms with Gasteiger partial charge in [-0.1, -0.05) is 30.7 Å². The molecule has 0 aliphatic carbocycles. The molecule has 1 amide bonds. The number of carbonyl (C=O) groups excluding carboxylic acids is 1. The molecule has 1 N–H and O–H groups in total. The van der Waals surface area contributed by atoms with E-state index in [0.29, 0.717) is 18.0 Å². The number of nitrogens with one attached hydrogen (secondary N) is 1. The van der Waals surface area contributed by atoms with Crippen LogP contribution in [0, 0.1) is 16.7 Å². The molecule has 0 radical (unpaired) electrons. The maximum absolute atomic E-state index is 11.8. The lowest BCUT2D eigenvalue weighted by Gasteiger charge is -2.18. The molecule has 0 aliphatic heterocycles. The second kappa shape index (κ2) is 6.42. The van der Waals surface area contributed by atoms with Crippen molar-refractivity contribution in [2.24, 2.45) is 5.41 Å². The maximum Gasteiger partial charge on any atom is 0.240 e. The molecule has 0 fully saturated rings. The Balaban J connectivity index is 2.45. The number of carbonyl (C=O) groups is 1. The average molecular weight is 265 g/mol. The zero-order valence-corrected chi connectivity index (χ0v) is 11.4. The summed E-state index contributed by atoms with van der Waals surface area (Å²) in [6, 6.07) is 9.56. The molecule has 1 unspecified atom stereocenters. The highest BCUT2D eigenvalue weighted by molar-refractivity contribution is 6.30. The van der Waals surface area contributed by atoms with E-state index in [0.717, 1.165) is 12.0 Å². The van der Waals surface area contributed by atoms with E-state index in [4.69, 9.17) is 16.9 Å². The molecule has 96 valence electrons. The second-order valence-corrected chi connectivity index (χ2v) is 4.87. The van der Waals surface area contributed by atoms with E-state index in [1.165, 1.54) is 0 Å². The number of amides is 1. The van der Waals surface area contributed by atoms with E-state index in [-0.39, 0.29) is 5.91 Å². The minimum atomic E-state index is -0.931. The predicted molar refractivity (Wildman–Crippen MR) is 72.2 cm³/mol. The van der Waals surface area contributed by atoms with Crippen LogP contribution in [-0.4, -0.2) is 12.5 Å². The highest BCUT2D eigenvalue weighted by Crippen LogP contribution is 2.19. The summed E-state index contributed by atoms with van der Waals surface area (Å²) in [5.74, 6) is -0.207. The van der Waals surface area contributed by atoms with Crippen molar-refractivity contribution in [1.82, 2.24) is 5.32 Å². The van der Waals surface area contributed by atoms with Crippen molar-refractivity contribution in [1.29, 1.82) is 5.26 Å². The Morgan fingerprint density at radius 3 is 2.56 bits per heavy atom. The molecule has 0 aliphatic rings. The zero-order valence-electron chi connectivity index (χ0n) is 10.7. The minimum Gasteiger partial charge on any atom is -0.354 e. The molecule has 18 heavy (non-hydrogen) atoms. The Morgan fingerprint density at radius 2 is 2.06 bits per heavy atom. The second-order valence-electron chi connectivity index (χ2n) is 4.43. The summed E-state index contributed by atoms with van der Waals surface area (Å²) in [6.45, 7) is 4.02. The molecule has 3 nitrogen and oxygen atoms in total. The summed E-state index contributed by atoms with van der Waals surface area (Å²) in [6.07, 6.45) is 1.24. The van der Waals surface area contributed by atoms with Crippen LogP contribution < -0.4 is 5.32 Å². The quantitative estimate of drug-likeness (QED) is 0.889. The normalized spacial score (nSPS) is 13.4. The average Bonchev–Trinajstić information content (AvgIpc) is 2.40. The Hall–Kier alpha value is -1.53. The first-order chi connectivity index (χ1) is 8.51. The molecule has 0 spiro atoms. The van der Waals surface area contributed by atoms with Gasteiger partial charge in [0.05, 0.1) is 6.07 Å². The molecule has 0 saturated heterocycles. The predicted octanol–water partition coefficient (Wildman–Crippen LogP) is 2.94. The molecule has 4 heteroatoms. The molecule has 1 aromatic carbocycles. The highest BCUT2D eigenvalue weighted by atomic mass is 35.5. The van der Waals surface area contributed by atoms with Crippen molar-refractivity contribution in [3.63, 3.8) is 0 Å². The van der Waals surface area contributed by atoms with E-state index in [1.807, 2.05) is 31.2 Å². The molecule has 0 saturated carbocycles. The number of rotatable bonds is 5. The maximum atomic E-state index is 11.8. The molecular formula is C14H17ClN2O. The number of hydrogen-bond acceptors (Lipinski definition) is 2. The van der Waals surface area contributed by atoms with Gasteiger partial charge in [0, 0.05) is 11.6 Å². The standard InChI is InChI=1S/C14H17ClN2O/c1-3-14(2,10-16)13(18)17-9-8-11-4-6-12(15)7-5-11/h4-7H,3,8-9H2,1-2H3,(H,17,18). The molecule has 1 atom stereocenters. The minimum absolute atomic E-state index is 0.207. The van der Waals surface area contributed by atoms with Crippen LogP contribution in [0.5, 0.6) is 0 Å². The first kappa shape index (κ1) is 14.5. The van der Waals surface area contributed by atoms with E-state index >= 15 is 0 Å². The fourth-order valence-electron chi connectivity index (χ4n) is 1.46. The number of halogens is 1. The molecule has 1 rings (SSSR count). The van der Waals surface area contributed by atoms with Crippen molar-refractivity contribution in [2.75, 3.05) is 6.54 Å². The number of hydrogen-bond donors (Lipinski definition) is 1. The Bertz CT molecular complexity index is 450. The molecule has 0 aromatic heterocycles. The molecule has 1 aromatic rings. The van der Waals surface area contributed by atoms with Gasteiger partial charge in [-0.3, -0.25) is 4.79 Å². The van der Waals surface area contributed by atoms with E-state index in [9.17, 15) is 4.79 Å². The van der Waals surface area contributed by atoms with Gasteiger partial charge in [0.2, 0.25) is 5.91 Å². The summed E-state index contributed by atoms with van der Waals surface area (Å²) in [5.41, 5.74) is 0.176. The van der Waals surface area contributed by atoms with Gasteiger partial charge < -0.3 is 5.32 Å². The smallest absolute Gasteiger partial charge is 0.240 e.